The van der Waals surface area contributed by atoms with Gasteiger partial charge in [0.1, 0.15) is 6.33 Å². The SMILES string of the molecule is Cc1ccc(-n2cnnc2SCC(=O)Nc2ccc3[nH]c(=O)[nH]c3c2)cc1. The fourth-order valence-electron chi connectivity index (χ4n) is 2.64. The fourth-order valence-corrected chi connectivity index (χ4v) is 3.37. The smallest absolute Gasteiger partial charge is 0.323 e. The molecule has 0 bridgehead atoms. The van der Waals surface area contributed by atoms with Crippen LogP contribution >= 0.6 is 11.8 Å². The van der Waals surface area contributed by atoms with Crippen molar-refractivity contribution in [2.45, 2.75) is 12.1 Å². The van der Waals surface area contributed by atoms with Gasteiger partial charge in [-0.3, -0.25) is 9.36 Å². The molecule has 2 heterocycles. The zero-order valence-corrected chi connectivity index (χ0v) is 15.2. The van der Waals surface area contributed by atoms with Crippen molar-refractivity contribution in [1.29, 1.82) is 0 Å². The van der Waals surface area contributed by atoms with Gasteiger partial charge in [0.2, 0.25) is 5.91 Å². The zero-order chi connectivity index (χ0) is 18.8. The number of anilines is 1. The second kappa shape index (κ2) is 7.12. The van der Waals surface area contributed by atoms with E-state index < -0.39 is 0 Å². The molecule has 27 heavy (non-hydrogen) atoms. The van der Waals surface area contributed by atoms with Crippen LogP contribution in [0.1, 0.15) is 5.56 Å². The molecule has 4 rings (SSSR count). The minimum absolute atomic E-state index is 0.171. The highest BCUT2D eigenvalue weighted by Gasteiger charge is 2.11. The van der Waals surface area contributed by atoms with Gasteiger partial charge in [0.15, 0.2) is 5.16 Å². The Morgan fingerprint density at radius 2 is 1.93 bits per heavy atom. The van der Waals surface area contributed by atoms with Crippen LogP contribution in [-0.2, 0) is 4.79 Å². The predicted molar refractivity (Wildman–Crippen MR) is 104 cm³/mol. The Balaban J connectivity index is 1.42. The van der Waals surface area contributed by atoms with Gasteiger partial charge in [0.25, 0.3) is 0 Å². The first-order valence-corrected chi connectivity index (χ1v) is 9.19. The van der Waals surface area contributed by atoms with Crippen LogP contribution in [-0.4, -0.2) is 36.4 Å². The van der Waals surface area contributed by atoms with Gasteiger partial charge in [-0.2, -0.15) is 0 Å². The Hall–Kier alpha value is -3.33. The third-order valence-corrected chi connectivity index (χ3v) is 4.90. The fraction of sp³-hybridized carbons (Fsp3) is 0.111. The third kappa shape index (κ3) is 3.77. The molecule has 0 unspecified atom stereocenters. The van der Waals surface area contributed by atoms with Crippen LogP contribution in [0.25, 0.3) is 16.7 Å². The van der Waals surface area contributed by atoms with Gasteiger partial charge in [0, 0.05) is 11.4 Å². The number of aryl methyl sites for hydroxylation is 1. The molecule has 0 spiro atoms. The second-order valence-corrected chi connectivity index (χ2v) is 6.94. The summed E-state index contributed by atoms with van der Waals surface area (Å²) in [5.74, 6) is 0.0161. The molecule has 3 N–H and O–H groups in total. The highest BCUT2D eigenvalue weighted by molar-refractivity contribution is 7.99. The number of nitrogens with zero attached hydrogens (tertiary/aromatic N) is 3. The minimum Gasteiger partial charge on any atom is -0.325 e. The van der Waals surface area contributed by atoms with Gasteiger partial charge < -0.3 is 15.3 Å². The Bertz CT molecular complexity index is 1160. The van der Waals surface area contributed by atoms with Crippen LogP contribution in [0.4, 0.5) is 5.69 Å². The number of rotatable bonds is 5. The second-order valence-electron chi connectivity index (χ2n) is 6.00. The molecule has 0 saturated heterocycles. The number of benzene rings is 2. The molecule has 0 aliphatic heterocycles. The largest absolute Gasteiger partial charge is 0.325 e. The first-order chi connectivity index (χ1) is 13.1. The van der Waals surface area contributed by atoms with E-state index in [0.717, 1.165) is 5.69 Å². The third-order valence-electron chi connectivity index (χ3n) is 3.96. The number of fused-ring (bicyclic) bond motifs is 1. The van der Waals surface area contributed by atoms with Crippen LogP contribution in [0.2, 0.25) is 0 Å². The van der Waals surface area contributed by atoms with Crippen molar-refractivity contribution in [3.05, 3.63) is 64.8 Å². The molecule has 8 nitrogen and oxygen atoms in total. The molecule has 9 heteroatoms. The number of nitrogens with one attached hydrogen (secondary N) is 3. The molecule has 0 aliphatic rings. The number of carbonyl (C=O) groups is 1. The molecule has 0 fully saturated rings. The van der Waals surface area contributed by atoms with Gasteiger partial charge in [-0.25, -0.2) is 4.79 Å². The molecule has 136 valence electrons. The molecule has 1 amide bonds. The summed E-state index contributed by atoms with van der Waals surface area (Å²) < 4.78 is 1.84. The topological polar surface area (TPSA) is 108 Å². The lowest BCUT2D eigenvalue weighted by Crippen LogP contribution is -2.14. The first-order valence-electron chi connectivity index (χ1n) is 8.20. The van der Waals surface area contributed by atoms with Crippen molar-refractivity contribution in [3.8, 4) is 5.69 Å². The summed E-state index contributed by atoms with van der Waals surface area (Å²) in [7, 11) is 0. The number of aromatic amines is 2. The number of aromatic nitrogens is 5. The summed E-state index contributed by atoms with van der Waals surface area (Å²) in [5.41, 5.74) is 3.78. The molecule has 2 aromatic carbocycles. The molecule has 0 atom stereocenters. The van der Waals surface area contributed by atoms with Crippen molar-refractivity contribution in [1.82, 2.24) is 24.7 Å². The number of imidazole rings is 1. The molecule has 0 aliphatic carbocycles. The average Bonchev–Trinajstić information content (AvgIpc) is 3.25. The molecule has 0 radical (unpaired) electrons. The lowest BCUT2D eigenvalue weighted by atomic mass is 10.2. The summed E-state index contributed by atoms with van der Waals surface area (Å²) in [6, 6.07) is 13.2. The van der Waals surface area contributed by atoms with E-state index in [1.54, 1.807) is 24.5 Å². The number of hydrogen-bond donors (Lipinski definition) is 3. The number of carbonyl (C=O) groups excluding carboxylic acids is 1. The Labute approximate surface area is 158 Å². The van der Waals surface area contributed by atoms with E-state index in [1.165, 1.54) is 17.3 Å². The monoisotopic (exact) mass is 380 g/mol. The maximum absolute atomic E-state index is 12.3. The van der Waals surface area contributed by atoms with Crippen molar-refractivity contribution in [2.24, 2.45) is 0 Å². The van der Waals surface area contributed by atoms with Crippen LogP contribution in [0, 0.1) is 6.92 Å². The quantitative estimate of drug-likeness (QED) is 0.461. The van der Waals surface area contributed by atoms with E-state index in [4.69, 9.17) is 0 Å². The maximum Gasteiger partial charge on any atom is 0.323 e. The summed E-state index contributed by atoms with van der Waals surface area (Å²) in [4.78, 5) is 28.9. The van der Waals surface area contributed by atoms with Gasteiger partial charge in [0.05, 0.1) is 16.8 Å². The summed E-state index contributed by atoms with van der Waals surface area (Å²) in [5, 5.41) is 11.5. The van der Waals surface area contributed by atoms with E-state index in [0.29, 0.717) is 21.9 Å². The Morgan fingerprint density at radius 1 is 1.15 bits per heavy atom. The summed E-state index contributed by atoms with van der Waals surface area (Å²) >= 11 is 1.30. The van der Waals surface area contributed by atoms with Crippen LogP contribution in [0.15, 0.2) is 58.7 Å². The van der Waals surface area contributed by atoms with E-state index in [1.807, 2.05) is 35.8 Å². The highest BCUT2D eigenvalue weighted by atomic mass is 32.2. The molecule has 4 aromatic rings. The predicted octanol–water partition coefficient (Wildman–Crippen LogP) is 2.48. The zero-order valence-electron chi connectivity index (χ0n) is 14.4. The number of H-pyrrole nitrogens is 2. The standard InChI is InChI=1S/C18H16N6O2S/c1-11-2-5-13(6-3-11)24-10-19-23-18(24)27-9-16(25)20-12-4-7-14-15(8-12)22-17(26)21-14/h2-8,10H,9H2,1H3,(H,20,25)(H2,21,22,26). The number of hydrogen-bond acceptors (Lipinski definition) is 5. The number of amides is 1. The van der Waals surface area contributed by atoms with E-state index in [2.05, 4.69) is 25.5 Å². The van der Waals surface area contributed by atoms with Crippen molar-refractivity contribution >= 4 is 34.4 Å². The molecular weight excluding hydrogens is 364 g/mol. The van der Waals surface area contributed by atoms with Crippen molar-refractivity contribution in [3.63, 3.8) is 0 Å². The van der Waals surface area contributed by atoms with Crippen LogP contribution < -0.4 is 11.0 Å². The van der Waals surface area contributed by atoms with Crippen LogP contribution in [0.3, 0.4) is 0 Å². The first kappa shape index (κ1) is 17.1. The van der Waals surface area contributed by atoms with Crippen molar-refractivity contribution < 1.29 is 4.79 Å². The van der Waals surface area contributed by atoms with Crippen molar-refractivity contribution in [2.75, 3.05) is 11.1 Å². The highest BCUT2D eigenvalue weighted by Crippen LogP contribution is 2.20. The molecule has 0 saturated carbocycles. The van der Waals surface area contributed by atoms with Gasteiger partial charge >= 0.3 is 5.69 Å². The summed E-state index contributed by atoms with van der Waals surface area (Å²) in [6.07, 6.45) is 1.63. The normalized spacial score (nSPS) is 11.0. The maximum atomic E-state index is 12.3. The van der Waals surface area contributed by atoms with Gasteiger partial charge in [-0.15, -0.1) is 10.2 Å². The number of thioether (sulfide) groups is 1. The molecule has 2 aromatic heterocycles. The minimum atomic E-state index is -0.278. The lowest BCUT2D eigenvalue weighted by Gasteiger charge is -2.07. The molecular formula is C18H16N6O2S. The van der Waals surface area contributed by atoms with Crippen LogP contribution in [0.5, 0.6) is 0 Å². The van der Waals surface area contributed by atoms with Gasteiger partial charge in [-0.1, -0.05) is 29.5 Å². The van der Waals surface area contributed by atoms with E-state index >= 15 is 0 Å². The average molecular weight is 380 g/mol. The van der Waals surface area contributed by atoms with E-state index in [9.17, 15) is 9.59 Å². The lowest BCUT2D eigenvalue weighted by molar-refractivity contribution is -0.113. The van der Waals surface area contributed by atoms with E-state index in [-0.39, 0.29) is 17.3 Å². The summed E-state index contributed by atoms with van der Waals surface area (Å²) in [6.45, 7) is 2.02. The Morgan fingerprint density at radius 3 is 2.74 bits per heavy atom. The van der Waals surface area contributed by atoms with Gasteiger partial charge in [-0.05, 0) is 37.3 Å². The Kier molecular flexibility index (Phi) is 4.51.